The average molecular weight is 477 g/mol. The number of carbonyl (C=O) groups excluding carboxylic acids is 1. The van der Waals surface area contributed by atoms with E-state index in [9.17, 15) is 0 Å². The van der Waals surface area contributed by atoms with Gasteiger partial charge >= 0.3 is 36.4 Å². The first-order valence-corrected chi connectivity index (χ1v) is 18.0. The Balaban J connectivity index is -0.0000000600. The van der Waals surface area contributed by atoms with Crippen molar-refractivity contribution in [3.05, 3.63) is 0 Å². The summed E-state index contributed by atoms with van der Waals surface area (Å²) < 4.78 is 0.807. The van der Waals surface area contributed by atoms with E-state index in [0.717, 1.165) is 4.68 Å². The molecule has 1 nitrogen and oxygen atoms in total. The molecule has 102 valence electrons. The van der Waals surface area contributed by atoms with Crippen molar-refractivity contribution < 1.29 is 22.3 Å². The third-order valence-electron chi connectivity index (χ3n) is 0.0364. The molecule has 0 saturated carbocycles. The molecule has 0 bridgehead atoms. The molecule has 0 heterocycles. The normalized spacial score (nSPS) is 8.31. The molecule has 0 saturated heterocycles. The van der Waals surface area contributed by atoms with Gasteiger partial charge < -0.3 is 0 Å². The first kappa shape index (κ1) is 26.5. The zero-order valence-electron chi connectivity index (χ0n) is 12.1. The molecule has 0 aliphatic rings. The Bertz CT molecular complexity index is 91.7. The summed E-state index contributed by atoms with van der Waals surface area (Å²) >= 11 is -0.963. The van der Waals surface area contributed by atoms with Gasteiger partial charge in [0.05, 0.1) is 0 Å². The predicted molar refractivity (Wildman–Crippen MR) is 86.7 cm³/mol. The van der Waals surface area contributed by atoms with Gasteiger partial charge in [0.15, 0.2) is 0 Å². The van der Waals surface area contributed by atoms with Crippen molar-refractivity contribution in [3.63, 3.8) is 0 Å². The van der Waals surface area contributed by atoms with Gasteiger partial charge in [-0.05, 0) is 60.0 Å². The quantitative estimate of drug-likeness (QED) is 0.403. The number of hydrogen-bond acceptors (Lipinski definition) is 1. The first-order chi connectivity index (χ1) is 7.11. The Labute approximate surface area is 120 Å². The molecule has 0 atom stereocenters. The predicted octanol–water partition coefficient (Wildman–Crippen LogP) is 4.49. The van der Waals surface area contributed by atoms with Crippen LogP contribution < -0.4 is 0 Å². The Morgan fingerprint density at radius 3 is 0.812 bits per heavy atom. The molecule has 0 aromatic carbocycles. The molecule has 6 heteroatoms. The minimum atomic E-state index is -0.963. The molecule has 16 heavy (non-hydrogen) atoms. The van der Waals surface area contributed by atoms with Crippen LogP contribution >= 0.6 is 33.2 Å². The first-order valence-electron chi connectivity index (χ1n) is 4.65. The van der Waals surface area contributed by atoms with Gasteiger partial charge in [0.1, 0.15) is 0 Å². The van der Waals surface area contributed by atoms with Crippen molar-refractivity contribution >= 4 is 37.9 Å². The third kappa shape index (κ3) is 412. The summed E-state index contributed by atoms with van der Waals surface area (Å²) in [5.41, 5.74) is 0. The molecule has 0 aliphatic carbocycles. The van der Waals surface area contributed by atoms with Crippen molar-refractivity contribution in [2.24, 2.45) is 0 Å². The van der Waals surface area contributed by atoms with Crippen LogP contribution in [0.15, 0.2) is 0 Å². The van der Waals surface area contributed by atoms with Gasteiger partial charge in [-0.15, -0.1) is 23.8 Å². The van der Waals surface area contributed by atoms with Crippen molar-refractivity contribution in [3.8, 4) is 0 Å². The van der Waals surface area contributed by atoms with E-state index in [1.807, 2.05) is 0 Å². The van der Waals surface area contributed by atoms with Gasteiger partial charge in [-0.3, -0.25) is 0 Å². The van der Waals surface area contributed by atoms with Gasteiger partial charge in [-0.1, -0.05) is 0 Å². The Morgan fingerprint density at radius 2 is 0.812 bits per heavy atom. The van der Waals surface area contributed by atoms with Crippen LogP contribution in [0.5, 0.6) is 0 Å². The van der Waals surface area contributed by atoms with Crippen LogP contribution in [0.4, 0.5) is 0 Å². The monoisotopic (exact) mass is 476 g/mol. The molecule has 0 radical (unpaired) electrons. The molecule has 0 aromatic rings. The van der Waals surface area contributed by atoms with E-state index < -0.39 is 17.5 Å². The fourth-order valence-corrected chi connectivity index (χ4v) is 0. The van der Waals surface area contributed by atoms with E-state index in [1.165, 1.54) is 0 Å². The Morgan fingerprint density at radius 1 is 0.750 bits per heavy atom. The molecular formula is C10H28ClOP3W. The summed E-state index contributed by atoms with van der Waals surface area (Å²) in [6, 6.07) is 0. The maximum absolute atomic E-state index is 9.12. The topological polar surface area (TPSA) is 17.1 Å². The Kier molecular flexibility index (Phi) is 42.6. The van der Waals surface area contributed by atoms with Gasteiger partial charge in [0.2, 0.25) is 0 Å². The third-order valence-corrected chi connectivity index (χ3v) is 0.893. The standard InChI is InChI=1S/3C3H9P.CHO.ClH.W/c3*1-4(2)3;1-2;;/h3*1-3H3;1H;1H;/q;;;;;+1/p-1. The van der Waals surface area contributed by atoms with E-state index in [4.69, 9.17) is 14.2 Å². The van der Waals surface area contributed by atoms with Gasteiger partial charge in [-0.2, -0.15) is 0 Å². The maximum atomic E-state index is 9.12. The molecule has 0 N–H and O–H groups in total. The number of halogens is 1. The summed E-state index contributed by atoms with van der Waals surface area (Å²) in [5.74, 6) is 0. The van der Waals surface area contributed by atoms with Gasteiger partial charge in [0, 0.05) is 0 Å². The molecule has 0 aliphatic heterocycles. The van der Waals surface area contributed by atoms with Crippen LogP contribution in [0, 0.1) is 0 Å². The molecule has 0 aromatic heterocycles. The van der Waals surface area contributed by atoms with Crippen LogP contribution in [0.2, 0.25) is 0 Å². The second kappa shape index (κ2) is 25.7. The van der Waals surface area contributed by atoms with Crippen molar-refractivity contribution in [2.45, 2.75) is 0 Å². The van der Waals surface area contributed by atoms with E-state index in [1.54, 1.807) is 0 Å². The summed E-state index contributed by atoms with van der Waals surface area (Å²) in [5, 5.41) is 0. The number of hydrogen-bond donors (Lipinski definition) is 0. The summed E-state index contributed by atoms with van der Waals surface area (Å²) in [6.45, 7) is 20.1. The van der Waals surface area contributed by atoms with Gasteiger partial charge in [-0.25, -0.2) is 0 Å². The van der Waals surface area contributed by atoms with Crippen molar-refractivity contribution in [1.29, 1.82) is 0 Å². The molecular weight excluding hydrogens is 448 g/mol. The summed E-state index contributed by atoms with van der Waals surface area (Å²) in [4.78, 5) is 9.12. The summed E-state index contributed by atoms with van der Waals surface area (Å²) in [6.07, 6.45) is 0. The van der Waals surface area contributed by atoms with Crippen molar-refractivity contribution in [2.75, 3.05) is 60.0 Å². The number of carbonyl (C=O) groups is 1. The fourth-order valence-electron chi connectivity index (χ4n) is 0. The van der Waals surface area contributed by atoms with Crippen LogP contribution in [-0.2, 0) is 22.3 Å². The van der Waals surface area contributed by atoms with Crippen LogP contribution in [-0.4, -0.2) is 64.7 Å². The van der Waals surface area contributed by atoms with Crippen LogP contribution in [0.25, 0.3) is 0 Å². The molecule has 0 spiro atoms. The molecule has 0 rings (SSSR count). The second-order valence-electron chi connectivity index (χ2n) is 4.21. The van der Waals surface area contributed by atoms with E-state index in [-0.39, 0.29) is 0 Å². The summed E-state index contributed by atoms with van der Waals surface area (Å²) in [7, 11) is 6.12. The van der Waals surface area contributed by atoms with E-state index in [2.05, 4.69) is 60.0 Å². The van der Waals surface area contributed by atoms with Crippen LogP contribution in [0.1, 0.15) is 0 Å². The van der Waals surface area contributed by atoms with E-state index in [0.29, 0.717) is 23.8 Å². The molecule has 0 amide bonds. The zero-order chi connectivity index (χ0) is 14.1. The van der Waals surface area contributed by atoms with Crippen LogP contribution in [0.3, 0.4) is 0 Å². The SMILES string of the molecule is CP(C)C.CP(C)C.CP(C)C.O=[CH][W][Cl]. The minimum absolute atomic E-state index is 0.380. The van der Waals surface area contributed by atoms with Crippen molar-refractivity contribution in [1.82, 2.24) is 0 Å². The molecule has 0 unspecified atom stereocenters. The Hall–Kier alpha value is 1.94. The molecule has 0 fully saturated rings. The fraction of sp³-hybridized carbons (Fsp3) is 0.900. The second-order valence-corrected chi connectivity index (χ2v) is 15.1. The van der Waals surface area contributed by atoms with E-state index >= 15 is 0 Å². The number of rotatable bonds is 1. The van der Waals surface area contributed by atoms with Gasteiger partial charge in [0.25, 0.3) is 0 Å². The average Bonchev–Trinajstić information content (AvgIpc) is 2.00. The zero-order valence-corrected chi connectivity index (χ0v) is 18.5.